The van der Waals surface area contributed by atoms with Crippen molar-refractivity contribution in [3.8, 4) is 0 Å². The van der Waals surface area contributed by atoms with Crippen molar-refractivity contribution >= 4 is 30.7 Å². The normalized spacial score (nSPS) is 32.4. The Labute approximate surface area is 182 Å². The van der Waals surface area contributed by atoms with Crippen LogP contribution in [0.15, 0.2) is 58.7 Å². The topological polar surface area (TPSA) is 0 Å². The summed E-state index contributed by atoms with van der Waals surface area (Å²) in [6, 6.07) is 0. The zero-order valence-electron chi connectivity index (χ0n) is 17.4. The average molecular weight is 585 g/mol. The van der Waals surface area contributed by atoms with Crippen molar-refractivity contribution in [3.63, 3.8) is 0 Å². The molecule has 4 heteroatoms. The van der Waals surface area contributed by atoms with Crippen LogP contribution in [0.2, 0.25) is 16.3 Å². The maximum absolute atomic E-state index is 7.19. The number of allylic oxidation sites excluding steroid dienone is 10. The first-order chi connectivity index (χ1) is 12.7. The minimum absolute atomic E-state index is 0.0594. The van der Waals surface area contributed by atoms with E-state index in [4.69, 9.17) is 17.2 Å². The summed E-state index contributed by atoms with van der Waals surface area (Å²) in [6.07, 6.45) is 17.1. The third-order valence-corrected chi connectivity index (χ3v) is 19.5. The van der Waals surface area contributed by atoms with Crippen molar-refractivity contribution in [2.75, 3.05) is 0 Å². The van der Waals surface area contributed by atoms with Gasteiger partial charge in [-0.2, -0.15) is 0 Å². The van der Waals surface area contributed by atoms with Gasteiger partial charge >= 0.3 is 183 Å². The Morgan fingerprint density at radius 1 is 1.22 bits per heavy atom. The molecule has 0 saturated carbocycles. The number of rotatable bonds is 4. The summed E-state index contributed by atoms with van der Waals surface area (Å²) < 4.78 is -0.129. The molecular formula is C23H31Cl2HfSi. The fourth-order valence-electron chi connectivity index (χ4n) is 5.77. The molecular weight excluding hydrogens is 554 g/mol. The third-order valence-electron chi connectivity index (χ3n) is 6.87. The Balaban J connectivity index is 2.45. The molecule has 0 N–H and O–H groups in total. The van der Waals surface area contributed by atoms with Crippen LogP contribution in [-0.4, -0.2) is 13.6 Å². The Hall–Kier alpha value is 0.237. The summed E-state index contributed by atoms with van der Waals surface area (Å²) in [7, 11) is 13.7. The molecule has 3 aliphatic rings. The average Bonchev–Trinajstić information content (AvgIpc) is 3.14. The molecule has 0 spiro atoms. The molecule has 0 aromatic rings. The molecule has 3 atom stereocenters. The van der Waals surface area contributed by atoms with Crippen LogP contribution in [0.25, 0.3) is 0 Å². The molecule has 145 valence electrons. The Kier molecular flexibility index (Phi) is 6.63. The molecule has 0 aromatic carbocycles. The molecule has 3 unspecified atom stereocenters. The van der Waals surface area contributed by atoms with Gasteiger partial charge in [0, 0.05) is 0 Å². The number of hydrogen-bond donors (Lipinski definition) is 0. The SMILES string of the molecule is CCCC1(C)C(=[Si](C)C)C2=C(C=CC=C(C)C2C)[C]1(C1=CC=CC1)[Hf]([Cl])[Cl]. The molecule has 3 aliphatic carbocycles. The van der Waals surface area contributed by atoms with E-state index in [2.05, 4.69) is 77.2 Å². The molecule has 0 fully saturated rings. The minimum atomic E-state index is -2.98. The number of hydrogen-bond acceptors (Lipinski definition) is 0. The van der Waals surface area contributed by atoms with Crippen LogP contribution in [0.5, 0.6) is 0 Å². The van der Waals surface area contributed by atoms with Gasteiger partial charge in [-0.05, 0) is 0 Å². The van der Waals surface area contributed by atoms with E-state index in [1.165, 1.54) is 23.1 Å². The van der Waals surface area contributed by atoms with Gasteiger partial charge < -0.3 is 0 Å². The van der Waals surface area contributed by atoms with Gasteiger partial charge in [0.25, 0.3) is 0 Å². The summed E-state index contributed by atoms with van der Waals surface area (Å²) in [4.78, 5) is 0. The quantitative estimate of drug-likeness (QED) is 0.297. The molecule has 0 heterocycles. The summed E-state index contributed by atoms with van der Waals surface area (Å²) in [5.41, 5.74) is 6.05. The van der Waals surface area contributed by atoms with Crippen molar-refractivity contribution < 1.29 is 19.1 Å². The predicted octanol–water partition coefficient (Wildman–Crippen LogP) is 7.73. The van der Waals surface area contributed by atoms with E-state index in [1.807, 2.05) is 0 Å². The van der Waals surface area contributed by atoms with Crippen molar-refractivity contribution in [1.82, 2.24) is 0 Å². The summed E-state index contributed by atoms with van der Waals surface area (Å²) in [5.74, 6) is 0.441. The predicted molar refractivity (Wildman–Crippen MR) is 121 cm³/mol. The summed E-state index contributed by atoms with van der Waals surface area (Å²) in [5, 5.41) is 1.72. The Morgan fingerprint density at radius 3 is 2.44 bits per heavy atom. The van der Waals surface area contributed by atoms with Gasteiger partial charge in [-0.3, -0.25) is 0 Å². The van der Waals surface area contributed by atoms with E-state index in [9.17, 15) is 0 Å². The monoisotopic (exact) mass is 585 g/mol. The van der Waals surface area contributed by atoms with Gasteiger partial charge in [0.1, 0.15) is 0 Å². The van der Waals surface area contributed by atoms with E-state index in [-0.39, 0.29) is 8.59 Å². The van der Waals surface area contributed by atoms with Gasteiger partial charge in [-0.15, -0.1) is 0 Å². The first-order valence-electron chi connectivity index (χ1n) is 10.1. The molecule has 0 radical (unpaired) electrons. The fraction of sp³-hybridized carbons (Fsp3) is 0.522. The van der Waals surface area contributed by atoms with Crippen molar-refractivity contribution in [2.45, 2.75) is 63.2 Å². The Bertz CT molecular complexity index is 823. The molecule has 0 aromatic heterocycles. The molecule has 0 nitrogen and oxygen atoms in total. The van der Waals surface area contributed by atoms with E-state index >= 15 is 0 Å². The number of halogens is 2. The van der Waals surface area contributed by atoms with Gasteiger partial charge in [0.15, 0.2) is 0 Å². The van der Waals surface area contributed by atoms with Crippen molar-refractivity contribution in [2.24, 2.45) is 11.3 Å². The van der Waals surface area contributed by atoms with Gasteiger partial charge in [-0.1, -0.05) is 0 Å². The zero-order valence-corrected chi connectivity index (χ0v) is 23.5. The second-order valence-electron chi connectivity index (χ2n) is 8.61. The van der Waals surface area contributed by atoms with E-state index in [0.717, 1.165) is 12.8 Å². The van der Waals surface area contributed by atoms with Crippen LogP contribution in [-0.2, 0) is 19.1 Å². The molecule has 0 aliphatic heterocycles. The summed E-state index contributed by atoms with van der Waals surface area (Å²) in [6.45, 7) is 14.4. The van der Waals surface area contributed by atoms with Gasteiger partial charge in [-0.25, -0.2) is 0 Å². The third kappa shape index (κ3) is 3.12. The van der Waals surface area contributed by atoms with Crippen LogP contribution in [0.3, 0.4) is 0 Å². The van der Waals surface area contributed by atoms with Crippen LogP contribution >= 0.6 is 17.2 Å². The van der Waals surface area contributed by atoms with Crippen LogP contribution in [0.4, 0.5) is 0 Å². The van der Waals surface area contributed by atoms with E-state index < -0.39 is 27.5 Å². The molecule has 0 amide bonds. The van der Waals surface area contributed by atoms with Crippen LogP contribution in [0, 0.1) is 11.3 Å². The standard InChI is InChI=1S/C23H31Si.2ClH.Hf/c1-7-15-23(4)21(18-12-8-9-13-18)19-14-10-11-16(2)17(3)20(19)22(23)24(5)6;;;/h8-12,14,17H,7,13,15H2,1-6H3;2*1H;/q;;;+2/p-2. The van der Waals surface area contributed by atoms with Gasteiger partial charge in [0.05, 0.1) is 0 Å². The van der Waals surface area contributed by atoms with E-state index in [0.29, 0.717) is 5.92 Å². The second-order valence-corrected chi connectivity index (χ2v) is 23.4. The second kappa shape index (κ2) is 8.17. The molecule has 0 saturated heterocycles. The zero-order chi connectivity index (χ0) is 20.0. The van der Waals surface area contributed by atoms with Crippen LogP contribution < -0.4 is 0 Å². The first-order valence-corrected chi connectivity index (χ1v) is 23.3. The van der Waals surface area contributed by atoms with Crippen molar-refractivity contribution in [1.29, 1.82) is 0 Å². The maximum atomic E-state index is 7.19. The molecule has 3 rings (SSSR count). The van der Waals surface area contributed by atoms with Crippen molar-refractivity contribution in [3.05, 3.63) is 58.7 Å². The van der Waals surface area contributed by atoms with E-state index in [1.54, 1.807) is 10.7 Å². The van der Waals surface area contributed by atoms with Crippen LogP contribution in [0.1, 0.15) is 47.0 Å². The Morgan fingerprint density at radius 2 is 1.93 bits per heavy atom. The summed E-state index contributed by atoms with van der Waals surface area (Å²) >= 11 is -2.98. The molecule has 0 bridgehead atoms. The first kappa shape index (κ1) is 21.9. The fourth-order valence-corrected chi connectivity index (χ4v) is 21.0. The van der Waals surface area contributed by atoms with Gasteiger partial charge in [0.2, 0.25) is 0 Å². The molecule has 27 heavy (non-hydrogen) atoms.